The highest BCUT2D eigenvalue weighted by Crippen LogP contribution is 2.37. The van der Waals surface area contributed by atoms with Crippen molar-refractivity contribution < 1.29 is 23.9 Å². The van der Waals surface area contributed by atoms with Gasteiger partial charge in [0, 0.05) is 10.4 Å². The maximum atomic E-state index is 12.8. The van der Waals surface area contributed by atoms with Crippen molar-refractivity contribution in [3.05, 3.63) is 38.7 Å². The van der Waals surface area contributed by atoms with E-state index in [9.17, 15) is 14.4 Å². The molecule has 0 aliphatic carbocycles. The van der Waals surface area contributed by atoms with Crippen LogP contribution < -0.4 is 15.0 Å². The van der Waals surface area contributed by atoms with Crippen LogP contribution >= 0.6 is 22.7 Å². The zero-order valence-corrected chi connectivity index (χ0v) is 20.2. The van der Waals surface area contributed by atoms with E-state index >= 15 is 0 Å². The molecule has 33 heavy (non-hydrogen) atoms. The summed E-state index contributed by atoms with van der Waals surface area (Å²) in [6.45, 7) is 7.20. The van der Waals surface area contributed by atoms with E-state index in [1.807, 2.05) is 26.0 Å². The summed E-state index contributed by atoms with van der Waals surface area (Å²) in [6, 6.07) is 5.49. The highest BCUT2D eigenvalue weighted by molar-refractivity contribution is 7.17. The number of hydrogen-bond acceptors (Lipinski definition) is 9. The number of thiazole rings is 2. The van der Waals surface area contributed by atoms with Gasteiger partial charge in [-0.3, -0.25) is 14.5 Å². The van der Waals surface area contributed by atoms with E-state index in [4.69, 9.17) is 9.47 Å². The highest BCUT2D eigenvalue weighted by Gasteiger charge is 2.29. The summed E-state index contributed by atoms with van der Waals surface area (Å²) in [7, 11) is 0. The number of aryl methyl sites for hydroxylation is 3. The van der Waals surface area contributed by atoms with Gasteiger partial charge in [0.25, 0.3) is 5.91 Å². The molecule has 0 saturated heterocycles. The Kier molecular flexibility index (Phi) is 6.43. The van der Waals surface area contributed by atoms with Crippen LogP contribution in [0.3, 0.4) is 0 Å². The van der Waals surface area contributed by atoms with Crippen LogP contribution in [0, 0.1) is 20.8 Å². The Balaban J connectivity index is 1.55. The second kappa shape index (κ2) is 9.28. The Bertz CT molecular complexity index is 1250. The first-order chi connectivity index (χ1) is 15.8. The summed E-state index contributed by atoms with van der Waals surface area (Å²) in [6.07, 6.45) is 0. The van der Waals surface area contributed by atoms with Crippen LogP contribution in [-0.2, 0) is 14.3 Å². The molecule has 1 aliphatic heterocycles. The number of benzene rings is 1. The van der Waals surface area contributed by atoms with Crippen LogP contribution in [0.4, 0.5) is 10.8 Å². The summed E-state index contributed by atoms with van der Waals surface area (Å²) < 4.78 is 10.6. The molecule has 172 valence electrons. The van der Waals surface area contributed by atoms with E-state index in [1.165, 1.54) is 4.90 Å². The molecule has 0 bridgehead atoms. The van der Waals surface area contributed by atoms with Crippen molar-refractivity contribution in [2.45, 2.75) is 27.7 Å². The van der Waals surface area contributed by atoms with Gasteiger partial charge < -0.3 is 14.8 Å². The van der Waals surface area contributed by atoms with Gasteiger partial charge in [0.15, 0.2) is 11.7 Å². The highest BCUT2D eigenvalue weighted by atomic mass is 32.1. The predicted molar refractivity (Wildman–Crippen MR) is 126 cm³/mol. The van der Waals surface area contributed by atoms with Crippen molar-refractivity contribution in [3.63, 3.8) is 0 Å². The lowest BCUT2D eigenvalue weighted by molar-refractivity contribution is -0.123. The molecule has 0 spiro atoms. The quantitative estimate of drug-likeness (QED) is 0.529. The van der Waals surface area contributed by atoms with Crippen molar-refractivity contribution in [3.8, 4) is 17.0 Å². The van der Waals surface area contributed by atoms with Gasteiger partial charge in [0.2, 0.25) is 5.91 Å². The number of anilines is 2. The first-order valence-electron chi connectivity index (χ1n) is 10.2. The molecule has 1 aliphatic rings. The predicted octanol–water partition coefficient (Wildman–Crippen LogP) is 3.73. The number of nitrogens with zero attached hydrogens (tertiary/aromatic N) is 3. The van der Waals surface area contributed by atoms with E-state index in [2.05, 4.69) is 15.3 Å². The molecule has 0 radical (unpaired) electrons. The molecule has 0 saturated carbocycles. The Morgan fingerprint density at radius 3 is 2.70 bits per heavy atom. The number of esters is 1. The van der Waals surface area contributed by atoms with Crippen LogP contribution in [0.5, 0.6) is 5.75 Å². The third kappa shape index (κ3) is 4.74. The van der Waals surface area contributed by atoms with E-state index < -0.39 is 11.9 Å². The SMILES string of the molecule is CCOC(=O)c1sc(NC(=O)CN2C(=O)COc3ccc(-c4nc(C)sc4C)cc32)nc1C. The fourth-order valence-corrected chi connectivity index (χ4v) is 5.17. The van der Waals surface area contributed by atoms with Gasteiger partial charge in [-0.1, -0.05) is 11.3 Å². The van der Waals surface area contributed by atoms with Gasteiger partial charge >= 0.3 is 5.97 Å². The van der Waals surface area contributed by atoms with Crippen LogP contribution in [0.15, 0.2) is 18.2 Å². The third-order valence-electron chi connectivity index (χ3n) is 4.88. The van der Waals surface area contributed by atoms with Gasteiger partial charge in [-0.25, -0.2) is 14.8 Å². The molecule has 1 N–H and O–H groups in total. The Hall–Kier alpha value is -3.31. The molecule has 0 unspecified atom stereocenters. The second-order valence-corrected chi connectivity index (χ2v) is 9.70. The summed E-state index contributed by atoms with van der Waals surface area (Å²) in [5.41, 5.74) is 2.66. The molecule has 2 amide bonds. The number of rotatable bonds is 6. The number of hydrogen-bond donors (Lipinski definition) is 1. The molecular formula is C22H22N4O5S2. The molecule has 3 aromatic rings. The topological polar surface area (TPSA) is 111 Å². The zero-order chi connectivity index (χ0) is 23.7. The average Bonchev–Trinajstić information content (AvgIpc) is 3.30. The van der Waals surface area contributed by atoms with Crippen LogP contribution in [0.25, 0.3) is 11.3 Å². The minimum absolute atomic E-state index is 0.155. The first-order valence-corrected chi connectivity index (χ1v) is 11.9. The van der Waals surface area contributed by atoms with Gasteiger partial charge in [-0.2, -0.15) is 0 Å². The van der Waals surface area contributed by atoms with Crippen LogP contribution in [0.2, 0.25) is 0 Å². The molecule has 0 fully saturated rings. The number of carbonyl (C=O) groups is 3. The average molecular weight is 487 g/mol. The van der Waals surface area contributed by atoms with Crippen LogP contribution in [0.1, 0.15) is 32.2 Å². The molecule has 9 nitrogen and oxygen atoms in total. The number of nitrogens with one attached hydrogen (secondary N) is 1. The van der Waals surface area contributed by atoms with E-state index in [0.29, 0.717) is 22.0 Å². The lowest BCUT2D eigenvalue weighted by Gasteiger charge is -2.29. The minimum Gasteiger partial charge on any atom is -0.482 e. The largest absolute Gasteiger partial charge is 0.482 e. The summed E-state index contributed by atoms with van der Waals surface area (Å²) in [5, 5.41) is 3.89. The third-order valence-corrected chi connectivity index (χ3v) is 6.82. The number of aromatic nitrogens is 2. The fraction of sp³-hybridized carbons (Fsp3) is 0.318. The zero-order valence-electron chi connectivity index (χ0n) is 18.6. The molecular weight excluding hydrogens is 464 g/mol. The van der Waals surface area contributed by atoms with Crippen molar-refractivity contribution in [2.75, 3.05) is 30.0 Å². The summed E-state index contributed by atoms with van der Waals surface area (Å²) >= 11 is 2.63. The van der Waals surface area contributed by atoms with Gasteiger partial charge in [-0.15, -0.1) is 11.3 Å². The normalized spacial score (nSPS) is 12.8. The lowest BCUT2D eigenvalue weighted by atomic mass is 10.1. The molecule has 1 aromatic carbocycles. The molecule has 2 aromatic heterocycles. The Labute approximate surface area is 198 Å². The second-order valence-electron chi connectivity index (χ2n) is 7.29. The van der Waals surface area contributed by atoms with E-state index in [-0.39, 0.29) is 30.8 Å². The number of ether oxygens (including phenoxy) is 2. The van der Waals surface area contributed by atoms with Crippen molar-refractivity contribution in [1.29, 1.82) is 0 Å². The minimum atomic E-state index is -0.481. The van der Waals surface area contributed by atoms with Crippen LogP contribution in [-0.4, -0.2) is 47.5 Å². The fourth-order valence-electron chi connectivity index (χ4n) is 3.46. The molecule has 4 rings (SSSR count). The first kappa shape index (κ1) is 22.9. The van der Waals surface area contributed by atoms with E-state index in [1.54, 1.807) is 31.3 Å². The maximum absolute atomic E-state index is 12.8. The standard InChI is InChI=1S/C22H22N4O5S2/c1-5-30-21(29)20-11(2)23-22(33-20)25-17(27)9-26-15-8-14(19-12(3)32-13(4)24-19)6-7-16(15)31-10-18(26)28/h6-8H,5,9-10H2,1-4H3,(H,23,25,27). The summed E-state index contributed by atoms with van der Waals surface area (Å²) in [4.78, 5) is 49.0. The number of amides is 2. The monoisotopic (exact) mass is 486 g/mol. The number of fused-ring (bicyclic) bond motifs is 1. The smallest absolute Gasteiger partial charge is 0.350 e. The van der Waals surface area contributed by atoms with Crippen molar-refractivity contribution in [1.82, 2.24) is 9.97 Å². The number of carbonyl (C=O) groups excluding carboxylic acids is 3. The Morgan fingerprint density at radius 1 is 1.21 bits per heavy atom. The molecule has 0 atom stereocenters. The van der Waals surface area contributed by atoms with Gasteiger partial charge in [-0.05, 0) is 45.9 Å². The van der Waals surface area contributed by atoms with Crippen molar-refractivity contribution >= 4 is 51.3 Å². The summed E-state index contributed by atoms with van der Waals surface area (Å²) in [5.74, 6) is -0.731. The van der Waals surface area contributed by atoms with E-state index in [0.717, 1.165) is 32.5 Å². The maximum Gasteiger partial charge on any atom is 0.350 e. The van der Waals surface area contributed by atoms with Gasteiger partial charge in [0.05, 0.1) is 28.7 Å². The van der Waals surface area contributed by atoms with Crippen molar-refractivity contribution in [2.24, 2.45) is 0 Å². The van der Waals surface area contributed by atoms with Gasteiger partial charge in [0.1, 0.15) is 17.2 Å². The molecule has 3 heterocycles. The Morgan fingerprint density at radius 2 is 2.00 bits per heavy atom. The molecule has 11 heteroatoms. The lowest BCUT2D eigenvalue weighted by Crippen LogP contribution is -2.43.